The summed E-state index contributed by atoms with van der Waals surface area (Å²) in [6.45, 7) is 5.71. The number of nitrogens with one attached hydrogen (secondary N) is 2. The van der Waals surface area contributed by atoms with Gasteiger partial charge in [-0.15, -0.1) is 0 Å². The van der Waals surface area contributed by atoms with Gasteiger partial charge >= 0.3 is 5.63 Å². The summed E-state index contributed by atoms with van der Waals surface area (Å²) in [5, 5.41) is 6.50. The van der Waals surface area contributed by atoms with E-state index in [2.05, 4.69) is 16.7 Å². The number of rotatable bonds is 5. The van der Waals surface area contributed by atoms with Crippen LogP contribution in [0.2, 0.25) is 0 Å². The van der Waals surface area contributed by atoms with Crippen molar-refractivity contribution in [3.63, 3.8) is 0 Å². The van der Waals surface area contributed by atoms with Gasteiger partial charge in [-0.2, -0.15) is 0 Å². The van der Waals surface area contributed by atoms with Gasteiger partial charge in [0, 0.05) is 42.8 Å². The molecule has 1 unspecified atom stereocenters. The van der Waals surface area contributed by atoms with Crippen molar-refractivity contribution in [2.24, 2.45) is 0 Å². The fourth-order valence-electron chi connectivity index (χ4n) is 4.01. The molecule has 0 aliphatic carbocycles. The van der Waals surface area contributed by atoms with Crippen molar-refractivity contribution in [2.45, 2.75) is 32.9 Å². The van der Waals surface area contributed by atoms with Gasteiger partial charge in [0.05, 0.1) is 12.5 Å². The molecule has 2 heterocycles. The Balaban J connectivity index is 1.48. The Morgan fingerprint density at radius 3 is 2.81 bits per heavy atom. The Hall–Kier alpha value is -3.45. The lowest BCUT2D eigenvalue weighted by molar-refractivity contribution is -0.132. The van der Waals surface area contributed by atoms with Gasteiger partial charge in [-0.25, -0.2) is 4.79 Å². The molecular formula is C24H25N3O4. The number of amides is 2. The monoisotopic (exact) mass is 419 g/mol. The molecule has 4 rings (SSSR count). The van der Waals surface area contributed by atoms with Gasteiger partial charge in [0.2, 0.25) is 11.8 Å². The summed E-state index contributed by atoms with van der Waals surface area (Å²) < 4.78 is 5.25. The molecule has 0 saturated carbocycles. The summed E-state index contributed by atoms with van der Waals surface area (Å²) in [6.07, 6.45) is 0.0352. The average Bonchev–Trinajstić information content (AvgIpc) is 2.70. The van der Waals surface area contributed by atoms with E-state index >= 15 is 0 Å². The van der Waals surface area contributed by atoms with Crippen LogP contribution in [-0.2, 0) is 16.1 Å². The highest BCUT2D eigenvalue weighted by Crippen LogP contribution is 2.21. The van der Waals surface area contributed by atoms with E-state index in [9.17, 15) is 14.4 Å². The van der Waals surface area contributed by atoms with Crippen LogP contribution in [-0.4, -0.2) is 35.8 Å². The molecule has 2 amide bonds. The molecule has 160 valence electrons. The van der Waals surface area contributed by atoms with E-state index in [0.717, 1.165) is 22.1 Å². The zero-order valence-electron chi connectivity index (χ0n) is 17.6. The summed E-state index contributed by atoms with van der Waals surface area (Å²) in [5.74, 6) is -0.417. The average molecular weight is 419 g/mol. The summed E-state index contributed by atoms with van der Waals surface area (Å²) in [4.78, 5) is 38.9. The first-order valence-electron chi connectivity index (χ1n) is 10.3. The number of anilines is 1. The largest absolute Gasteiger partial charge is 0.423 e. The highest BCUT2D eigenvalue weighted by molar-refractivity contribution is 5.97. The third-order valence-electron chi connectivity index (χ3n) is 5.52. The Kier molecular flexibility index (Phi) is 5.86. The predicted octanol–water partition coefficient (Wildman–Crippen LogP) is 2.74. The maximum Gasteiger partial charge on any atom is 0.336 e. The molecular weight excluding hydrogens is 394 g/mol. The zero-order chi connectivity index (χ0) is 22.0. The number of fused-ring (bicyclic) bond motifs is 1. The van der Waals surface area contributed by atoms with Gasteiger partial charge in [-0.05, 0) is 37.1 Å². The third-order valence-corrected chi connectivity index (χ3v) is 5.52. The molecule has 2 aromatic carbocycles. The number of carbonyl (C=O) groups excluding carboxylic acids is 2. The van der Waals surface area contributed by atoms with E-state index < -0.39 is 11.7 Å². The van der Waals surface area contributed by atoms with Crippen molar-refractivity contribution in [3.05, 3.63) is 75.6 Å². The molecule has 31 heavy (non-hydrogen) atoms. The van der Waals surface area contributed by atoms with E-state index in [4.69, 9.17) is 4.42 Å². The van der Waals surface area contributed by atoms with Crippen LogP contribution in [0.25, 0.3) is 11.0 Å². The van der Waals surface area contributed by atoms with Gasteiger partial charge < -0.3 is 15.1 Å². The van der Waals surface area contributed by atoms with E-state index in [0.29, 0.717) is 30.9 Å². The van der Waals surface area contributed by atoms with Crippen LogP contribution in [0.15, 0.2) is 57.7 Å². The second kappa shape index (κ2) is 8.73. The standard InChI is InChI=1S/C24H25N3O4/c1-15-4-3-5-17(10-15)14-27-9-8-25-24(30)20(27)13-22(28)26-18-6-7-19-16(2)11-23(29)31-21(19)12-18/h3-7,10-12,20H,8-9,13-14H2,1-2H3,(H,25,30)(H,26,28). The number of nitrogens with zero attached hydrogens (tertiary/aromatic N) is 1. The second-order valence-corrected chi connectivity index (χ2v) is 7.98. The molecule has 0 bridgehead atoms. The molecule has 7 heteroatoms. The third kappa shape index (κ3) is 4.83. The molecule has 3 aromatic rings. The maximum atomic E-state index is 12.7. The van der Waals surface area contributed by atoms with E-state index in [1.54, 1.807) is 18.2 Å². The quantitative estimate of drug-likeness (QED) is 0.621. The van der Waals surface area contributed by atoms with Crippen LogP contribution < -0.4 is 16.3 Å². The smallest absolute Gasteiger partial charge is 0.336 e. The molecule has 2 N–H and O–H groups in total. The minimum Gasteiger partial charge on any atom is -0.423 e. The van der Waals surface area contributed by atoms with Crippen molar-refractivity contribution >= 4 is 28.5 Å². The second-order valence-electron chi connectivity index (χ2n) is 7.98. The SMILES string of the molecule is Cc1cccc(CN2CCNC(=O)C2CC(=O)Nc2ccc3c(C)cc(=O)oc3c2)c1. The first kappa shape index (κ1) is 20.8. The molecule has 1 atom stereocenters. The Bertz CT molecular complexity index is 1200. The topological polar surface area (TPSA) is 91.7 Å². The number of carbonyl (C=O) groups is 2. The van der Waals surface area contributed by atoms with Crippen molar-refractivity contribution in [2.75, 3.05) is 18.4 Å². The number of benzene rings is 2. The van der Waals surface area contributed by atoms with Crippen molar-refractivity contribution < 1.29 is 14.0 Å². The highest BCUT2D eigenvalue weighted by atomic mass is 16.4. The number of aryl methyl sites for hydroxylation is 2. The fourth-order valence-corrected chi connectivity index (χ4v) is 4.01. The molecule has 0 spiro atoms. The molecule has 1 aromatic heterocycles. The maximum absolute atomic E-state index is 12.7. The number of piperazine rings is 1. The van der Waals surface area contributed by atoms with Gasteiger partial charge in [0.1, 0.15) is 5.58 Å². The molecule has 0 radical (unpaired) electrons. The van der Waals surface area contributed by atoms with Crippen LogP contribution in [0.3, 0.4) is 0 Å². The lowest BCUT2D eigenvalue weighted by Crippen LogP contribution is -2.55. The van der Waals surface area contributed by atoms with Crippen LogP contribution in [0.4, 0.5) is 5.69 Å². The van der Waals surface area contributed by atoms with Gasteiger partial charge in [-0.3, -0.25) is 14.5 Å². The number of hydrogen-bond donors (Lipinski definition) is 2. The molecule has 1 aliphatic heterocycles. The fraction of sp³-hybridized carbons (Fsp3) is 0.292. The summed E-state index contributed by atoms with van der Waals surface area (Å²) in [7, 11) is 0. The van der Waals surface area contributed by atoms with Crippen molar-refractivity contribution in [1.29, 1.82) is 0 Å². The number of hydrogen-bond acceptors (Lipinski definition) is 5. The molecule has 1 fully saturated rings. The van der Waals surface area contributed by atoms with E-state index in [-0.39, 0.29) is 18.2 Å². The van der Waals surface area contributed by atoms with Crippen LogP contribution in [0.1, 0.15) is 23.1 Å². The minimum atomic E-state index is -0.546. The molecule has 7 nitrogen and oxygen atoms in total. The zero-order valence-corrected chi connectivity index (χ0v) is 17.6. The lowest BCUT2D eigenvalue weighted by atomic mass is 10.1. The Labute approximate surface area is 180 Å². The van der Waals surface area contributed by atoms with Crippen molar-refractivity contribution in [1.82, 2.24) is 10.2 Å². The summed E-state index contributed by atoms with van der Waals surface area (Å²) in [5.41, 5.74) is 3.59. The van der Waals surface area contributed by atoms with Gasteiger partial charge in [0.25, 0.3) is 0 Å². The predicted molar refractivity (Wildman–Crippen MR) is 119 cm³/mol. The van der Waals surface area contributed by atoms with Crippen LogP contribution in [0.5, 0.6) is 0 Å². The van der Waals surface area contributed by atoms with E-state index in [1.165, 1.54) is 6.07 Å². The van der Waals surface area contributed by atoms with Gasteiger partial charge in [-0.1, -0.05) is 29.8 Å². The Morgan fingerprint density at radius 2 is 2.00 bits per heavy atom. The Morgan fingerprint density at radius 1 is 1.16 bits per heavy atom. The minimum absolute atomic E-state index is 0.0352. The molecule has 1 aliphatic rings. The molecule has 1 saturated heterocycles. The van der Waals surface area contributed by atoms with Crippen LogP contribution in [0, 0.1) is 13.8 Å². The van der Waals surface area contributed by atoms with Crippen molar-refractivity contribution in [3.8, 4) is 0 Å². The van der Waals surface area contributed by atoms with E-state index in [1.807, 2.05) is 36.9 Å². The normalized spacial score (nSPS) is 16.8. The van der Waals surface area contributed by atoms with Crippen LogP contribution >= 0.6 is 0 Å². The lowest BCUT2D eigenvalue weighted by Gasteiger charge is -2.34. The highest BCUT2D eigenvalue weighted by Gasteiger charge is 2.31. The summed E-state index contributed by atoms with van der Waals surface area (Å²) >= 11 is 0. The first-order valence-corrected chi connectivity index (χ1v) is 10.3. The van der Waals surface area contributed by atoms with Gasteiger partial charge in [0.15, 0.2) is 0 Å². The first-order chi connectivity index (χ1) is 14.9. The summed E-state index contributed by atoms with van der Waals surface area (Å²) in [6, 6.07) is 14.2.